The Morgan fingerprint density at radius 2 is 2.12 bits per heavy atom. The molecule has 3 N–H and O–H groups in total. The zero-order valence-corrected chi connectivity index (χ0v) is 15.5. The molecule has 26 heavy (non-hydrogen) atoms. The van der Waals surface area contributed by atoms with Gasteiger partial charge in [-0.15, -0.1) is 0 Å². The first kappa shape index (κ1) is 17.2. The van der Waals surface area contributed by atoms with Crippen molar-refractivity contribution >= 4 is 10.9 Å². The van der Waals surface area contributed by atoms with Gasteiger partial charge in [-0.1, -0.05) is 11.2 Å². The first-order chi connectivity index (χ1) is 12.5. The summed E-state index contributed by atoms with van der Waals surface area (Å²) in [7, 11) is 0. The Hall–Kier alpha value is -2.18. The average molecular weight is 354 g/mol. The van der Waals surface area contributed by atoms with Crippen molar-refractivity contribution in [3.63, 3.8) is 0 Å². The van der Waals surface area contributed by atoms with E-state index in [1.807, 2.05) is 6.92 Å². The molecule has 4 rings (SSSR count). The second-order valence-electron chi connectivity index (χ2n) is 7.57. The maximum Gasteiger partial charge on any atom is 0.229 e. The lowest BCUT2D eigenvalue weighted by atomic mass is 10.0. The van der Waals surface area contributed by atoms with Gasteiger partial charge in [0.25, 0.3) is 0 Å². The Morgan fingerprint density at radius 1 is 1.27 bits per heavy atom. The van der Waals surface area contributed by atoms with Crippen LogP contribution in [0.3, 0.4) is 0 Å². The van der Waals surface area contributed by atoms with Crippen LogP contribution >= 0.6 is 0 Å². The summed E-state index contributed by atoms with van der Waals surface area (Å²) < 4.78 is 5.28. The highest BCUT2D eigenvalue weighted by Crippen LogP contribution is 2.37. The Morgan fingerprint density at radius 3 is 2.88 bits per heavy atom. The van der Waals surface area contributed by atoms with Crippen LogP contribution in [0, 0.1) is 26.7 Å². The molecule has 0 unspecified atom stereocenters. The molecule has 1 aliphatic carbocycles. The van der Waals surface area contributed by atoms with Crippen molar-refractivity contribution in [2.24, 2.45) is 5.92 Å². The fraction of sp³-hybridized carbons (Fsp3) is 0.500. The summed E-state index contributed by atoms with van der Waals surface area (Å²) in [5, 5.41) is 19.0. The number of aliphatic hydroxyl groups excluding tert-OH is 1. The number of nitrogens with zero attached hydrogens (tertiary/aromatic N) is 2. The summed E-state index contributed by atoms with van der Waals surface area (Å²) in [6.45, 7) is 7.67. The van der Waals surface area contributed by atoms with Gasteiger partial charge in [0, 0.05) is 35.6 Å². The smallest absolute Gasteiger partial charge is 0.229 e. The molecule has 1 aliphatic rings. The molecule has 6 nitrogen and oxygen atoms in total. The van der Waals surface area contributed by atoms with E-state index in [2.05, 4.69) is 52.5 Å². The quantitative estimate of drug-likeness (QED) is 0.655. The normalized spacial score (nSPS) is 23.2. The minimum Gasteiger partial charge on any atom is -0.393 e. The summed E-state index contributed by atoms with van der Waals surface area (Å²) in [4.78, 5) is 7.79. The van der Waals surface area contributed by atoms with Crippen LogP contribution in [-0.4, -0.2) is 32.9 Å². The Labute approximate surface area is 153 Å². The van der Waals surface area contributed by atoms with Crippen LogP contribution in [0.5, 0.6) is 0 Å². The summed E-state index contributed by atoms with van der Waals surface area (Å²) in [5.74, 6) is 1.68. The van der Waals surface area contributed by atoms with Gasteiger partial charge in [-0.25, -0.2) is 0 Å². The number of aryl methyl sites for hydroxylation is 3. The first-order valence-electron chi connectivity index (χ1n) is 9.28. The summed E-state index contributed by atoms with van der Waals surface area (Å²) in [6.07, 6.45) is 1.24. The number of benzene rings is 1. The zero-order valence-electron chi connectivity index (χ0n) is 15.5. The van der Waals surface area contributed by atoms with Gasteiger partial charge in [-0.05, 0) is 62.8 Å². The lowest BCUT2D eigenvalue weighted by Gasteiger charge is -2.14. The van der Waals surface area contributed by atoms with Crippen LogP contribution in [0.25, 0.3) is 10.9 Å². The molecule has 1 saturated carbocycles. The maximum atomic E-state index is 10.4. The zero-order chi connectivity index (χ0) is 18.3. The summed E-state index contributed by atoms with van der Waals surface area (Å²) in [6, 6.07) is 6.51. The minimum absolute atomic E-state index is 0.164. The third-order valence-corrected chi connectivity index (χ3v) is 5.67. The number of hydrogen-bond acceptors (Lipinski definition) is 5. The van der Waals surface area contributed by atoms with Gasteiger partial charge in [0.2, 0.25) is 5.89 Å². The van der Waals surface area contributed by atoms with Crippen molar-refractivity contribution in [3.05, 3.63) is 46.7 Å². The van der Waals surface area contributed by atoms with Gasteiger partial charge in [-0.2, -0.15) is 4.98 Å². The number of nitrogens with one attached hydrogen (secondary N) is 2. The molecule has 0 saturated heterocycles. The van der Waals surface area contributed by atoms with E-state index < -0.39 is 0 Å². The predicted molar refractivity (Wildman–Crippen MR) is 100.0 cm³/mol. The highest BCUT2D eigenvalue weighted by molar-refractivity contribution is 5.84. The highest BCUT2D eigenvalue weighted by Gasteiger charge is 2.36. The number of H-pyrrole nitrogens is 1. The van der Waals surface area contributed by atoms with Crippen LogP contribution in [0.2, 0.25) is 0 Å². The number of aliphatic hydroxyl groups is 1. The van der Waals surface area contributed by atoms with Crippen LogP contribution in [0.15, 0.2) is 22.7 Å². The van der Waals surface area contributed by atoms with E-state index in [-0.39, 0.29) is 17.9 Å². The molecule has 0 amide bonds. The molecule has 1 aromatic carbocycles. The monoisotopic (exact) mass is 354 g/mol. The molecule has 138 valence electrons. The van der Waals surface area contributed by atoms with Gasteiger partial charge in [0.05, 0.1) is 6.10 Å². The van der Waals surface area contributed by atoms with Crippen molar-refractivity contribution in [1.82, 2.24) is 20.4 Å². The van der Waals surface area contributed by atoms with E-state index in [9.17, 15) is 5.11 Å². The lowest BCUT2D eigenvalue weighted by molar-refractivity contribution is 0.130. The van der Waals surface area contributed by atoms with Crippen molar-refractivity contribution in [2.45, 2.75) is 52.2 Å². The molecule has 3 atom stereocenters. The van der Waals surface area contributed by atoms with Gasteiger partial charge in [0.15, 0.2) is 5.82 Å². The number of aromatic nitrogens is 3. The SMILES string of the molecule is Cc1noc([C@H]2C[C@H](CNCc3cc4c(C)c(C)ccc4[nH]3)[C@H](O)C2)n1. The van der Waals surface area contributed by atoms with E-state index in [0.717, 1.165) is 19.5 Å². The minimum atomic E-state index is -0.327. The second-order valence-corrected chi connectivity index (χ2v) is 7.57. The molecular formula is C20H26N4O2. The molecule has 0 aliphatic heterocycles. The van der Waals surface area contributed by atoms with Gasteiger partial charge in [0.1, 0.15) is 0 Å². The standard InChI is InChI=1S/C20H26N4O2/c1-11-4-5-18-17(12(11)2)8-16(23-18)10-21-9-15-6-14(7-19(15)25)20-22-13(3)24-26-20/h4-5,8,14-15,19,21,23,25H,6-7,9-10H2,1-3H3/t14-,15+,19+/m0/s1. The molecule has 3 aromatic rings. The van der Waals surface area contributed by atoms with Crippen LogP contribution in [-0.2, 0) is 6.54 Å². The topological polar surface area (TPSA) is 87.0 Å². The molecule has 0 bridgehead atoms. The Kier molecular flexibility index (Phi) is 4.54. The van der Waals surface area contributed by atoms with Gasteiger partial charge >= 0.3 is 0 Å². The Balaban J connectivity index is 1.35. The molecule has 1 fully saturated rings. The largest absolute Gasteiger partial charge is 0.393 e. The fourth-order valence-electron chi connectivity index (χ4n) is 4.01. The van der Waals surface area contributed by atoms with Crippen LogP contribution in [0.1, 0.15) is 47.3 Å². The third-order valence-electron chi connectivity index (χ3n) is 5.67. The second kappa shape index (κ2) is 6.85. The number of fused-ring (bicyclic) bond motifs is 1. The van der Waals surface area contributed by atoms with E-state index in [1.54, 1.807) is 0 Å². The van der Waals surface area contributed by atoms with E-state index in [4.69, 9.17) is 4.52 Å². The maximum absolute atomic E-state index is 10.4. The molecular weight excluding hydrogens is 328 g/mol. The molecule has 6 heteroatoms. The molecule has 2 heterocycles. The number of hydrogen-bond donors (Lipinski definition) is 3. The Bertz CT molecular complexity index is 914. The van der Waals surface area contributed by atoms with Crippen LogP contribution in [0.4, 0.5) is 0 Å². The summed E-state index contributed by atoms with van der Waals surface area (Å²) in [5.41, 5.74) is 4.99. The van der Waals surface area contributed by atoms with Crippen molar-refractivity contribution in [1.29, 1.82) is 0 Å². The molecule has 0 radical (unpaired) electrons. The lowest BCUT2D eigenvalue weighted by Crippen LogP contribution is -2.27. The fourth-order valence-corrected chi connectivity index (χ4v) is 4.01. The van der Waals surface area contributed by atoms with Crippen LogP contribution < -0.4 is 5.32 Å². The third kappa shape index (κ3) is 3.27. The van der Waals surface area contributed by atoms with Crippen molar-refractivity contribution in [2.75, 3.05) is 6.54 Å². The van der Waals surface area contributed by atoms with Gasteiger partial charge in [-0.3, -0.25) is 0 Å². The highest BCUT2D eigenvalue weighted by atomic mass is 16.5. The molecule has 2 aromatic heterocycles. The van der Waals surface area contributed by atoms with Gasteiger partial charge < -0.3 is 19.9 Å². The predicted octanol–water partition coefficient (Wildman–Crippen LogP) is 3.12. The first-order valence-corrected chi connectivity index (χ1v) is 9.28. The molecule has 0 spiro atoms. The summed E-state index contributed by atoms with van der Waals surface area (Å²) >= 11 is 0. The van der Waals surface area contributed by atoms with Crippen molar-refractivity contribution < 1.29 is 9.63 Å². The number of rotatable bonds is 5. The van der Waals surface area contributed by atoms with E-state index in [0.29, 0.717) is 18.1 Å². The van der Waals surface area contributed by atoms with E-state index in [1.165, 1.54) is 27.7 Å². The van der Waals surface area contributed by atoms with E-state index >= 15 is 0 Å². The van der Waals surface area contributed by atoms with Crippen molar-refractivity contribution in [3.8, 4) is 0 Å². The number of aromatic amines is 1. The average Bonchev–Trinajstić information content (AvgIpc) is 3.31.